The molecule has 3 aromatic carbocycles. The highest BCUT2D eigenvalue weighted by Gasteiger charge is 2.40. The number of ether oxygens (including phenoxy) is 2. The SMILES string of the molecule is COc1cccc(C(=O)N2C[C@H](c3cccc(OC)c3)[C@H](C(=O)NCc3ccc(F)cc3)C2)c1. The van der Waals surface area contributed by atoms with Crippen molar-refractivity contribution in [2.24, 2.45) is 5.92 Å². The van der Waals surface area contributed by atoms with Gasteiger partial charge in [0.1, 0.15) is 17.3 Å². The summed E-state index contributed by atoms with van der Waals surface area (Å²) in [5, 5.41) is 2.96. The predicted octanol–water partition coefficient (Wildman–Crippen LogP) is 4.02. The minimum Gasteiger partial charge on any atom is -0.497 e. The number of carbonyl (C=O) groups is 2. The second-order valence-corrected chi connectivity index (χ2v) is 8.28. The van der Waals surface area contributed by atoms with E-state index in [1.165, 1.54) is 12.1 Å². The molecule has 0 spiro atoms. The van der Waals surface area contributed by atoms with Crippen molar-refractivity contribution < 1.29 is 23.5 Å². The van der Waals surface area contributed by atoms with Crippen LogP contribution in [0.2, 0.25) is 0 Å². The summed E-state index contributed by atoms with van der Waals surface area (Å²) in [5.41, 5.74) is 2.24. The third-order valence-electron chi connectivity index (χ3n) is 6.16. The van der Waals surface area contributed by atoms with Crippen molar-refractivity contribution >= 4 is 11.8 Å². The van der Waals surface area contributed by atoms with Gasteiger partial charge >= 0.3 is 0 Å². The first-order valence-electron chi connectivity index (χ1n) is 11.1. The number of methoxy groups -OCH3 is 2. The van der Waals surface area contributed by atoms with Gasteiger partial charge in [-0.25, -0.2) is 4.39 Å². The van der Waals surface area contributed by atoms with E-state index in [-0.39, 0.29) is 36.6 Å². The standard InChI is InChI=1S/C27H27FN2O4/c1-33-22-7-3-5-19(13-22)24-16-30(27(32)20-6-4-8-23(14-20)34-2)17-25(24)26(31)29-15-18-9-11-21(28)12-10-18/h3-14,24-25H,15-17H2,1-2H3,(H,29,31)/t24-,25-/m1/s1. The number of amides is 2. The molecule has 0 aliphatic carbocycles. The number of nitrogens with zero attached hydrogens (tertiary/aromatic N) is 1. The van der Waals surface area contributed by atoms with Crippen LogP contribution in [0.25, 0.3) is 0 Å². The highest BCUT2D eigenvalue weighted by molar-refractivity contribution is 5.95. The van der Waals surface area contributed by atoms with E-state index in [2.05, 4.69) is 5.32 Å². The van der Waals surface area contributed by atoms with E-state index < -0.39 is 5.92 Å². The van der Waals surface area contributed by atoms with Gasteiger partial charge in [-0.2, -0.15) is 0 Å². The summed E-state index contributed by atoms with van der Waals surface area (Å²) < 4.78 is 23.8. The Morgan fingerprint density at radius 3 is 2.32 bits per heavy atom. The van der Waals surface area contributed by atoms with Gasteiger partial charge < -0.3 is 19.7 Å². The van der Waals surface area contributed by atoms with Crippen molar-refractivity contribution in [2.75, 3.05) is 27.3 Å². The molecule has 7 heteroatoms. The van der Waals surface area contributed by atoms with Crippen molar-refractivity contribution in [2.45, 2.75) is 12.5 Å². The molecule has 1 N–H and O–H groups in total. The van der Waals surface area contributed by atoms with Crippen molar-refractivity contribution in [3.63, 3.8) is 0 Å². The fraction of sp³-hybridized carbons (Fsp3) is 0.259. The Morgan fingerprint density at radius 1 is 0.941 bits per heavy atom. The smallest absolute Gasteiger partial charge is 0.254 e. The van der Waals surface area contributed by atoms with Crippen molar-refractivity contribution in [1.82, 2.24) is 10.2 Å². The fourth-order valence-corrected chi connectivity index (χ4v) is 4.31. The molecule has 2 amide bonds. The number of benzene rings is 3. The van der Waals surface area contributed by atoms with E-state index >= 15 is 0 Å². The topological polar surface area (TPSA) is 67.9 Å². The van der Waals surface area contributed by atoms with Gasteiger partial charge in [0, 0.05) is 31.1 Å². The second kappa shape index (κ2) is 10.4. The molecule has 1 aliphatic rings. The number of likely N-dealkylation sites (tertiary alicyclic amines) is 1. The first kappa shape index (κ1) is 23.3. The summed E-state index contributed by atoms with van der Waals surface area (Å²) in [4.78, 5) is 28.2. The number of hydrogen-bond acceptors (Lipinski definition) is 4. The molecule has 2 atom stereocenters. The molecule has 1 heterocycles. The zero-order chi connectivity index (χ0) is 24.1. The molecule has 176 valence electrons. The monoisotopic (exact) mass is 462 g/mol. The van der Waals surface area contributed by atoms with Gasteiger partial charge in [0.05, 0.1) is 20.1 Å². The summed E-state index contributed by atoms with van der Waals surface area (Å²) in [7, 11) is 3.15. The van der Waals surface area contributed by atoms with Crippen LogP contribution in [0.15, 0.2) is 72.8 Å². The van der Waals surface area contributed by atoms with E-state index in [0.717, 1.165) is 11.1 Å². The van der Waals surface area contributed by atoms with Crippen LogP contribution in [-0.4, -0.2) is 44.0 Å². The average Bonchev–Trinajstić information content (AvgIpc) is 3.33. The molecular formula is C27H27FN2O4. The maximum Gasteiger partial charge on any atom is 0.254 e. The van der Waals surface area contributed by atoms with Crippen LogP contribution >= 0.6 is 0 Å². The van der Waals surface area contributed by atoms with Crippen LogP contribution in [-0.2, 0) is 11.3 Å². The lowest BCUT2D eigenvalue weighted by molar-refractivity contribution is -0.125. The number of rotatable bonds is 7. The average molecular weight is 463 g/mol. The van der Waals surface area contributed by atoms with Crippen LogP contribution in [0.1, 0.15) is 27.4 Å². The van der Waals surface area contributed by atoms with Gasteiger partial charge in [-0.05, 0) is 53.6 Å². The van der Waals surface area contributed by atoms with Crippen molar-refractivity contribution in [3.05, 3.63) is 95.3 Å². The Bertz CT molecular complexity index is 1170. The lowest BCUT2D eigenvalue weighted by atomic mass is 9.88. The highest BCUT2D eigenvalue weighted by Crippen LogP contribution is 2.35. The van der Waals surface area contributed by atoms with Gasteiger partial charge in [-0.3, -0.25) is 9.59 Å². The van der Waals surface area contributed by atoms with Crippen LogP contribution < -0.4 is 14.8 Å². The van der Waals surface area contributed by atoms with Crippen LogP contribution in [0, 0.1) is 11.7 Å². The molecule has 3 aromatic rings. The van der Waals surface area contributed by atoms with E-state index in [9.17, 15) is 14.0 Å². The third-order valence-corrected chi connectivity index (χ3v) is 6.16. The fourth-order valence-electron chi connectivity index (χ4n) is 4.31. The lowest BCUT2D eigenvalue weighted by Crippen LogP contribution is -2.35. The first-order valence-corrected chi connectivity index (χ1v) is 11.1. The molecular weight excluding hydrogens is 435 g/mol. The Kier molecular flexibility index (Phi) is 7.11. The van der Waals surface area contributed by atoms with Crippen LogP contribution in [0.4, 0.5) is 4.39 Å². The Hall–Kier alpha value is -3.87. The van der Waals surface area contributed by atoms with E-state index in [1.54, 1.807) is 55.5 Å². The minimum absolute atomic E-state index is 0.152. The number of halogens is 1. The second-order valence-electron chi connectivity index (χ2n) is 8.28. The summed E-state index contributed by atoms with van der Waals surface area (Å²) in [6.07, 6.45) is 0. The summed E-state index contributed by atoms with van der Waals surface area (Å²) in [5.74, 6) is 0.0258. The maximum absolute atomic E-state index is 13.3. The minimum atomic E-state index is -0.442. The molecule has 6 nitrogen and oxygen atoms in total. The molecule has 34 heavy (non-hydrogen) atoms. The quantitative estimate of drug-likeness (QED) is 0.576. The third kappa shape index (κ3) is 5.20. The molecule has 1 fully saturated rings. The molecule has 4 rings (SSSR count). The van der Waals surface area contributed by atoms with Crippen LogP contribution in [0.5, 0.6) is 11.5 Å². The van der Waals surface area contributed by atoms with Gasteiger partial charge in [-0.1, -0.05) is 30.3 Å². The zero-order valence-corrected chi connectivity index (χ0v) is 19.2. The number of carbonyl (C=O) groups excluding carboxylic acids is 2. The normalized spacial score (nSPS) is 17.3. The van der Waals surface area contributed by atoms with Crippen molar-refractivity contribution in [3.8, 4) is 11.5 Å². The molecule has 0 radical (unpaired) electrons. The maximum atomic E-state index is 13.3. The zero-order valence-electron chi connectivity index (χ0n) is 19.2. The summed E-state index contributed by atoms with van der Waals surface area (Å²) in [6, 6.07) is 20.6. The van der Waals surface area contributed by atoms with Crippen molar-refractivity contribution in [1.29, 1.82) is 0 Å². The van der Waals surface area contributed by atoms with Gasteiger partial charge in [-0.15, -0.1) is 0 Å². The van der Waals surface area contributed by atoms with Crippen LogP contribution in [0.3, 0.4) is 0 Å². The number of hydrogen-bond donors (Lipinski definition) is 1. The molecule has 0 bridgehead atoms. The summed E-state index contributed by atoms with van der Waals surface area (Å²) in [6.45, 7) is 0.968. The van der Waals surface area contributed by atoms with E-state index in [0.29, 0.717) is 23.6 Å². The van der Waals surface area contributed by atoms with Gasteiger partial charge in [0.15, 0.2) is 0 Å². The Balaban J connectivity index is 1.56. The van der Waals surface area contributed by atoms with E-state index in [4.69, 9.17) is 9.47 Å². The molecule has 1 aliphatic heterocycles. The molecule has 0 unspecified atom stereocenters. The lowest BCUT2D eigenvalue weighted by Gasteiger charge is -2.19. The molecule has 0 aromatic heterocycles. The largest absolute Gasteiger partial charge is 0.497 e. The molecule has 0 saturated carbocycles. The Labute approximate surface area is 198 Å². The Morgan fingerprint density at radius 2 is 1.62 bits per heavy atom. The first-order chi connectivity index (χ1) is 16.5. The summed E-state index contributed by atoms with van der Waals surface area (Å²) >= 11 is 0. The van der Waals surface area contributed by atoms with E-state index in [1.807, 2.05) is 24.3 Å². The van der Waals surface area contributed by atoms with Gasteiger partial charge in [0.25, 0.3) is 5.91 Å². The molecule has 1 saturated heterocycles. The predicted molar refractivity (Wildman–Crippen MR) is 126 cm³/mol. The van der Waals surface area contributed by atoms with Gasteiger partial charge in [0.2, 0.25) is 5.91 Å². The number of nitrogens with one attached hydrogen (secondary N) is 1. The highest BCUT2D eigenvalue weighted by atomic mass is 19.1.